The lowest BCUT2D eigenvalue weighted by atomic mass is 10.1. The van der Waals surface area contributed by atoms with Crippen molar-refractivity contribution in [3.05, 3.63) is 29.6 Å². The second-order valence-corrected chi connectivity index (χ2v) is 3.68. The van der Waals surface area contributed by atoms with E-state index in [1.54, 1.807) is 12.1 Å². The summed E-state index contributed by atoms with van der Waals surface area (Å²) in [7, 11) is 0. The second kappa shape index (κ2) is 6.58. The first-order chi connectivity index (χ1) is 8.52. The van der Waals surface area contributed by atoms with Gasteiger partial charge in [0.25, 0.3) is 0 Å². The molecule has 0 heterocycles. The number of aliphatic carboxylic acids is 1. The summed E-state index contributed by atoms with van der Waals surface area (Å²) in [5.41, 5.74) is 0.907. The van der Waals surface area contributed by atoms with Crippen molar-refractivity contribution in [3.63, 3.8) is 0 Å². The monoisotopic (exact) mass is 254 g/mol. The van der Waals surface area contributed by atoms with Gasteiger partial charge in [0.15, 0.2) is 0 Å². The normalized spacial score (nSPS) is 9.89. The van der Waals surface area contributed by atoms with Gasteiger partial charge < -0.3 is 15.7 Å². The van der Waals surface area contributed by atoms with Crippen molar-refractivity contribution >= 4 is 17.7 Å². The highest BCUT2D eigenvalue weighted by atomic mass is 19.1. The summed E-state index contributed by atoms with van der Waals surface area (Å²) >= 11 is 0. The van der Waals surface area contributed by atoms with Crippen LogP contribution in [0.15, 0.2) is 18.2 Å². The lowest BCUT2D eigenvalue weighted by Gasteiger charge is -2.08. The number of halogens is 1. The molecule has 6 heteroatoms. The van der Waals surface area contributed by atoms with E-state index in [1.807, 2.05) is 6.92 Å². The Balaban J connectivity index is 2.49. The van der Waals surface area contributed by atoms with E-state index in [0.717, 1.165) is 0 Å². The van der Waals surface area contributed by atoms with Gasteiger partial charge in [-0.1, -0.05) is 13.0 Å². The molecule has 3 N–H and O–H groups in total. The summed E-state index contributed by atoms with van der Waals surface area (Å²) in [4.78, 5) is 21.6. The number of carbonyl (C=O) groups excluding carboxylic acids is 1. The van der Waals surface area contributed by atoms with E-state index in [9.17, 15) is 14.0 Å². The summed E-state index contributed by atoms with van der Waals surface area (Å²) < 4.78 is 13.4. The fraction of sp³-hybridized carbons (Fsp3) is 0.333. The van der Waals surface area contributed by atoms with Crippen molar-refractivity contribution in [3.8, 4) is 0 Å². The number of amides is 2. The number of hydrogen-bond donors (Lipinski definition) is 3. The molecule has 5 nitrogen and oxygen atoms in total. The van der Waals surface area contributed by atoms with E-state index in [1.165, 1.54) is 6.07 Å². The standard InChI is InChI=1S/C12H15FN2O3/c1-2-8-3-4-9(7-10(8)13)15-12(18)14-6-5-11(16)17/h3-4,7H,2,5-6H2,1H3,(H,16,17)(H2,14,15,18). The number of benzene rings is 1. The van der Waals surface area contributed by atoms with Crippen LogP contribution in [0.4, 0.5) is 14.9 Å². The Hall–Kier alpha value is -2.11. The first-order valence-electron chi connectivity index (χ1n) is 5.58. The Bertz CT molecular complexity index is 449. The zero-order valence-electron chi connectivity index (χ0n) is 10.00. The molecule has 0 spiro atoms. The Morgan fingerprint density at radius 2 is 2.11 bits per heavy atom. The van der Waals surface area contributed by atoms with Crippen molar-refractivity contribution in [2.75, 3.05) is 11.9 Å². The lowest BCUT2D eigenvalue weighted by molar-refractivity contribution is -0.136. The van der Waals surface area contributed by atoms with Gasteiger partial charge in [-0.3, -0.25) is 4.79 Å². The van der Waals surface area contributed by atoms with Gasteiger partial charge in [-0.2, -0.15) is 0 Å². The quantitative estimate of drug-likeness (QED) is 0.751. The number of anilines is 1. The lowest BCUT2D eigenvalue weighted by Crippen LogP contribution is -2.30. The van der Waals surface area contributed by atoms with E-state index >= 15 is 0 Å². The zero-order valence-corrected chi connectivity index (χ0v) is 10.00. The number of carboxylic acid groups (broad SMARTS) is 1. The van der Waals surface area contributed by atoms with Crippen LogP contribution in [0.5, 0.6) is 0 Å². The number of carboxylic acids is 1. The third kappa shape index (κ3) is 4.40. The molecule has 0 bridgehead atoms. The molecule has 18 heavy (non-hydrogen) atoms. The Morgan fingerprint density at radius 3 is 2.67 bits per heavy atom. The average Bonchev–Trinajstić information content (AvgIpc) is 2.28. The van der Waals surface area contributed by atoms with Crippen LogP contribution in [0, 0.1) is 5.82 Å². The molecule has 0 fully saturated rings. The summed E-state index contributed by atoms with van der Waals surface area (Å²) in [5.74, 6) is -1.37. The number of nitrogens with one attached hydrogen (secondary N) is 2. The van der Waals surface area contributed by atoms with Crippen molar-refractivity contribution in [1.29, 1.82) is 0 Å². The molecule has 0 atom stereocenters. The van der Waals surface area contributed by atoms with Crippen LogP contribution in [0.1, 0.15) is 18.9 Å². The molecule has 0 aliphatic carbocycles. The topological polar surface area (TPSA) is 78.4 Å². The number of urea groups is 1. The highest BCUT2D eigenvalue weighted by molar-refractivity contribution is 5.89. The Labute approximate surface area is 104 Å². The number of carbonyl (C=O) groups is 2. The largest absolute Gasteiger partial charge is 0.481 e. The molecule has 0 unspecified atom stereocenters. The van der Waals surface area contributed by atoms with Crippen molar-refractivity contribution in [2.45, 2.75) is 19.8 Å². The third-order valence-electron chi connectivity index (χ3n) is 2.32. The van der Waals surface area contributed by atoms with Crippen molar-refractivity contribution < 1.29 is 19.1 Å². The predicted molar refractivity (Wildman–Crippen MR) is 65.1 cm³/mol. The minimum Gasteiger partial charge on any atom is -0.481 e. The number of rotatable bonds is 5. The van der Waals surface area contributed by atoms with E-state index in [-0.39, 0.29) is 18.8 Å². The van der Waals surface area contributed by atoms with Gasteiger partial charge in [-0.25, -0.2) is 9.18 Å². The third-order valence-corrected chi connectivity index (χ3v) is 2.32. The van der Waals surface area contributed by atoms with Crippen LogP contribution in [0.3, 0.4) is 0 Å². The molecule has 0 radical (unpaired) electrons. The van der Waals surface area contributed by atoms with Crippen LogP contribution in [0.2, 0.25) is 0 Å². The SMILES string of the molecule is CCc1ccc(NC(=O)NCCC(=O)O)cc1F. The van der Waals surface area contributed by atoms with Gasteiger partial charge in [-0.05, 0) is 24.1 Å². The first-order valence-corrected chi connectivity index (χ1v) is 5.58. The van der Waals surface area contributed by atoms with Crippen molar-refractivity contribution in [1.82, 2.24) is 5.32 Å². The minimum atomic E-state index is -0.992. The zero-order chi connectivity index (χ0) is 13.5. The van der Waals surface area contributed by atoms with E-state index in [0.29, 0.717) is 17.7 Å². The van der Waals surface area contributed by atoms with Crippen molar-refractivity contribution in [2.24, 2.45) is 0 Å². The summed E-state index contributed by atoms with van der Waals surface area (Å²) in [6.07, 6.45) is 0.424. The van der Waals surface area contributed by atoms with E-state index in [4.69, 9.17) is 5.11 Å². The highest BCUT2D eigenvalue weighted by Gasteiger charge is 2.05. The molecule has 1 aromatic carbocycles. The molecule has 0 saturated carbocycles. The minimum absolute atomic E-state index is 0.0245. The van der Waals surface area contributed by atoms with Gasteiger partial charge in [0, 0.05) is 12.2 Å². The molecule has 1 aromatic rings. The molecule has 0 aliphatic rings. The summed E-state index contributed by atoms with van der Waals surface area (Å²) in [5, 5.41) is 13.2. The van der Waals surface area contributed by atoms with Gasteiger partial charge in [0.05, 0.1) is 6.42 Å². The van der Waals surface area contributed by atoms with Crippen LogP contribution in [-0.2, 0) is 11.2 Å². The average molecular weight is 254 g/mol. The number of aryl methyl sites for hydroxylation is 1. The van der Waals surface area contributed by atoms with Gasteiger partial charge in [-0.15, -0.1) is 0 Å². The van der Waals surface area contributed by atoms with E-state index in [2.05, 4.69) is 10.6 Å². The smallest absolute Gasteiger partial charge is 0.319 e. The Morgan fingerprint density at radius 1 is 1.39 bits per heavy atom. The molecular formula is C12H15FN2O3. The summed E-state index contributed by atoms with van der Waals surface area (Å²) in [6.45, 7) is 1.86. The second-order valence-electron chi connectivity index (χ2n) is 3.68. The maximum Gasteiger partial charge on any atom is 0.319 e. The molecule has 0 aromatic heterocycles. The fourth-order valence-corrected chi connectivity index (χ4v) is 1.37. The number of hydrogen-bond acceptors (Lipinski definition) is 2. The molecular weight excluding hydrogens is 239 g/mol. The first kappa shape index (κ1) is 14.0. The summed E-state index contributed by atoms with van der Waals surface area (Å²) in [6, 6.07) is 3.87. The van der Waals surface area contributed by atoms with Gasteiger partial charge in [0.1, 0.15) is 5.82 Å². The fourth-order valence-electron chi connectivity index (χ4n) is 1.37. The van der Waals surface area contributed by atoms with E-state index < -0.39 is 12.0 Å². The molecule has 0 saturated heterocycles. The molecule has 0 aliphatic heterocycles. The maximum absolute atomic E-state index is 13.4. The Kier molecular flexibility index (Phi) is 5.10. The molecule has 98 valence electrons. The molecule has 2 amide bonds. The molecule has 1 rings (SSSR count). The maximum atomic E-state index is 13.4. The van der Waals surface area contributed by atoms with Crippen LogP contribution >= 0.6 is 0 Å². The van der Waals surface area contributed by atoms with Crippen LogP contribution in [-0.4, -0.2) is 23.7 Å². The van der Waals surface area contributed by atoms with Crippen LogP contribution < -0.4 is 10.6 Å². The highest BCUT2D eigenvalue weighted by Crippen LogP contribution is 2.14. The predicted octanol–water partition coefficient (Wildman–Crippen LogP) is 1.98. The van der Waals surface area contributed by atoms with Crippen LogP contribution in [0.25, 0.3) is 0 Å². The van der Waals surface area contributed by atoms with Gasteiger partial charge >= 0.3 is 12.0 Å². The van der Waals surface area contributed by atoms with Gasteiger partial charge in [0.2, 0.25) is 0 Å².